The van der Waals surface area contributed by atoms with Crippen molar-refractivity contribution in [2.24, 2.45) is 0 Å². The minimum absolute atomic E-state index is 0.0302. The molecule has 2 saturated heterocycles. The quantitative estimate of drug-likeness (QED) is 0.335. The Morgan fingerprint density at radius 1 is 1.11 bits per heavy atom. The van der Waals surface area contributed by atoms with E-state index < -0.39 is 46.5 Å². The van der Waals surface area contributed by atoms with Crippen molar-refractivity contribution in [3.05, 3.63) is 63.5 Å². The molecule has 0 radical (unpaired) electrons. The SMILES string of the molecule is CC[C@H]1CN(c2ncc3c(c2Cl)C(F)(F)C(O)n2cc(C(O)C(F)(F)F)nc2-3)CCN1C1CCN(C(=O)c2ccc(Cl)cc2)CC1. The van der Waals surface area contributed by atoms with Gasteiger partial charge in [-0.1, -0.05) is 30.1 Å². The average Bonchev–Trinajstić information content (AvgIpc) is 3.48. The number of aromatic nitrogens is 3. The van der Waals surface area contributed by atoms with Crippen molar-refractivity contribution < 1.29 is 37.0 Å². The molecule has 6 rings (SSSR count). The van der Waals surface area contributed by atoms with Gasteiger partial charge in [0.25, 0.3) is 5.91 Å². The van der Waals surface area contributed by atoms with Gasteiger partial charge in [0.05, 0.1) is 16.3 Å². The van der Waals surface area contributed by atoms with Gasteiger partial charge in [-0.25, -0.2) is 9.97 Å². The fraction of sp³-hybridized carbons (Fsp3) is 0.500. The number of piperidine rings is 1. The van der Waals surface area contributed by atoms with E-state index in [2.05, 4.69) is 14.9 Å². The highest BCUT2D eigenvalue weighted by molar-refractivity contribution is 6.34. The van der Waals surface area contributed by atoms with Crippen LogP contribution in [0.1, 0.15) is 60.1 Å². The summed E-state index contributed by atoms with van der Waals surface area (Å²) in [7, 11) is 0. The van der Waals surface area contributed by atoms with Crippen LogP contribution in [0.5, 0.6) is 0 Å². The lowest BCUT2D eigenvalue weighted by Gasteiger charge is -2.48. The number of fused-ring (bicyclic) bond motifs is 3. The number of hydrogen-bond donors (Lipinski definition) is 2. The van der Waals surface area contributed by atoms with Crippen LogP contribution in [0, 0.1) is 0 Å². The molecule has 16 heteroatoms. The number of piperazine rings is 1. The van der Waals surface area contributed by atoms with Crippen LogP contribution in [-0.4, -0.2) is 91.4 Å². The van der Waals surface area contributed by atoms with Crippen LogP contribution in [0.25, 0.3) is 11.4 Å². The smallest absolute Gasteiger partial charge is 0.378 e. The standard InChI is InChI=1S/C30H31Cl2F5N6O3/c1-2-18-14-41(11-12-42(18)19-7-9-40(10-8-19)27(45)16-3-5-17(31)6-4-16)26-23(32)22-20(13-38-26)25-39-21(24(44)30(35,36)37)15-43(25)28(46)29(22,33)34/h3-6,13,15,18-19,24,28,44,46H,2,7-12,14H2,1H3/t18-,24?,28?/m0/s1. The van der Waals surface area contributed by atoms with Crippen molar-refractivity contribution in [2.45, 2.75) is 62.7 Å². The van der Waals surface area contributed by atoms with E-state index in [-0.39, 0.29) is 29.4 Å². The molecule has 0 bridgehead atoms. The zero-order valence-corrected chi connectivity index (χ0v) is 26.1. The maximum atomic E-state index is 15.6. The molecule has 2 fully saturated rings. The molecule has 3 aliphatic heterocycles. The number of amides is 1. The van der Waals surface area contributed by atoms with Gasteiger partial charge in [0.15, 0.2) is 6.10 Å². The molecule has 2 aromatic heterocycles. The summed E-state index contributed by atoms with van der Waals surface area (Å²) in [6.45, 7) is 4.64. The summed E-state index contributed by atoms with van der Waals surface area (Å²) in [4.78, 5) is 27.1. The van der Waals surface area contributed by atoms with E-state index in [1.54, 1.807) is 29.2 Å². The van der Waals surface area contributed by atoms with E-state index in [0.29, 0.717) is 54.1 Å². The Labute approximate surface area is 271 Å². The van der Waals surface area contributed by atoms with Gasteiger partial charge in [0, 0.05) is 73.4 Å². The Kier molecular flexibility index (Phi) is 8.72. The van der Waals surface area contributed by atoms with Crippen LogP contribution in [0.3, 0.4) is 0 Å². The van der Waals surface area contributed by atoms with Crippen molar-refractivity contribution in [3.8, 4) is 11.4 Å². The second kappa shape index (κ2) is 12.2. The predicted molar refractivity (Wildman–Crippen MR) is 160 cm³/mol. The number of aliphatic hydroxyl groups is 2. The molecule has 2 unspecified atom stereocenters. The van der Waals surface area contributed by atoms with E-state index in [1.165, 1.54) is 0 Å². The molecular weight excluding hydrogens is 658 g/mol. The molecule has 0 aliphatic carbocycles. The lowest BCUT2D eigenvalue weighted by Crippen LogP contribution is -2.58. The molecule has 46 heavy (non-hydrogen) atoms. The zero-order valence-electron chi connectivity index (χ0n) is 24.6. The van der Waals surface area contributed by atoms with Crippen LogP contribution < -0.4 is 4.90 Å². The Morgan fingerprint density at radius 3 is 2.41 bits per heavy atom. The second-order valence-electron chi connectivity index (χ2n) is 11.8. The van der Waals surface area contributed by atoms with Crippen LogP contribution >= 0.6 is 23.2 Å². The third-order valence-electron chi connectivity index (χ3n) is 9.12. The number of alkyl halides is 5. The fourth-order valence-corrected chi connectivity index (χ4v) is 7.20. The Hall–Kier alpha value is -3.04. The van der Waals surface area contributed by atoms with Gasteiger partial charge >= 0.3 is 12.1 Å². The molecule has 3 aliphatic rings. The van der Waals surface area contributed by atoms with E-state index in [1.807, 2.05) is 11.8 Å². The van der Waals surface area contributed by atoms with Crippen LogP contribution in [0.2, 0.25) is 10.0 Å². The maximum absolute atomic E-state index is 15.6. The van der Waals surface area contributed by atoms with E-state index in [0.717, 1.165) is 25.5 Å². The fourth-order valence-electron chi connectivity index (χ4n) is 6.68. The lowest BCUT2D eigenvalue weighted by atomic mass is 9.96. The topological polar surface area (TPSA) is 98.0 Å². The number of carbonyl (C=O) groups is 1. The molecule has 1 aromatic carbocycles. The van der Waals surface area contributed by atoms with Gasteiger partial charge in [0.1, 0.15) is 11.6 Å². The number of aliphatic hydroxyl groups excluding tert-OH is 2. The molecule has 3 aromatic rings. The van der Waals surface area contributed by atoms with Crippen LogP contribution in [0.4, 0.5) is 27.8 Å². The molecule has 3 atom stereocenters. The average molecular weight is 690 g/mol. The summed E-state index contributed by atoms with van der Waals surface area (Å²) >= 11 is 12.5. The molecule has 0 saturated carbocycles. The largest absolute Gasteiger partial charge is 0.420 e. The van der Waals surface area contributed by atoms with Gasteiger partial charge in [-0.3, -0.25) is 14.3 Å². The minimum Gasteiger partial charge on any atom is -0.378 e. The van der Waals surface area contributed by atoms with Crippen molar-refractivity contribution >= 4 is 34.9 Å². The number of carbonyl (C=O) groups excluding carboxylic acids is 1. The molecule has 248 valence electrons. The highest BCUT2D eigenvalue weighted by Gasteiger charge is 2.52. The van der Waals surface area contributed by atoms with Gasteiger partial charge in [-0.2, -0.15) is 22.0 Å². The van der Waals surface area contributed by atoms with Crippen molar-refractivity contribution in [3.63, 3.8) is 0 Å². The first-order valence-electron chi connectivity index (χ1n) is 14.9. The van der Waals surface area contributed by atoms with E-state index in [4.69, 9.17) is 23.2 Å². The Balaban J connectivity index is 1.19. The second-order valence-corrected chi connectivity index (χ2v) is 12.6. The number of pyridine rings is 1. The van der Waals surface area contributed by atoms with Crippen LogP contribution in [-0.2, 0) is 5.92 Å². The number of benzene rings is 1. The Bertz CT molecular complexity index is 1610. The summed E-state index contributed by atoms with van der Waals surface area (Å²) in [6, 6.07) is 7.05. The van der Waals surface area contributed by atoms with E-state index in [9.17, 15) is 28.2 Å². The van der Waals surface area contributed by atoms with Gasteiger partial charge in [0.2, 0.25) is 6.23 Å². The summed E-state index contributed by atoms with van der Waals surface area (Å²) < 4.78 is 71.1. The van der Waals surface area contributed by atoms with Crippen molar-refractivity contribution in [1.82, 2.24) is 24.3 Å². The third kappa shape index (κ3) is 5.72. The predicted octanol–water partition coefficient (Wildman–Crippen LogP) is 5.65. The first kappa shape index (κ1) is 32.9. The number of halogens is 7. The Morgan fingerprint density at radius 2 is 1.78 bits per heavy atom. The summed E-state index contributed by atoms with van der Waals surface area (Å²) in [6.07, 6.45) is -6.81. The maximum Gasteiger partial charge on any atom is 0.420 e. The summed E-state index contributed by atoms with van der Waals surface area (Å²) in [5.74, 6) is -4.38. The number of imidazole rings is 1. The van der Waals surface area contributed by atoms with Gasteiger partial charge in [-0.05, 0) is 43.5 Å². The molecule has 9 nitrogen and oxygen atoms in total. The number of rotatable bonds is 5. The number of hydrogen-bond acceptors (Lipinski definition) is 7. The normalized spacial score (nSPS) is 22.8. The molecule has 1 amide bonds. The first-order valence-corrected chi connectivity index (χ1v) is 15.6. The van der Waals surface area contributed by atoms with Gasteiger partial charge in [-0.15, -0.1) is 0 Å². The monoisotopic (exact) mass is 688 g/mol. The number of nitrogens with zero attached hydrogens (tertiary/aromatic N) is 6. The van der Waals surface area contributed by atoms with Gasteiger partial charge < -0.3 is 20.0 Å². The number of anilines is 1. The van der Waals surface area contributed by atoms with E-state index >= 15 is 8.78 Å². The minimum atomic E-state index is -5.09. The highest BCUT2D eigenvalue weighted by Crippen LogP contribution is 2.52. The summed E-state index contributed by atoms with van der Waals surface area (Å²) in [5, 5.41) is 20.3. The lowest BCUT2D eigenvalue weighted by molar-refractivity contribution is -0.208. The third-order valence-corrected chi connectivity index (χ3v) is 9.73. The van der Waals surface area contributed by atoms with Crippen LogP contribution in [0.15, 0.2) is 36.7 Å². The highest BCUT2D eigenvalue weighted by atomic mass is 35.5. The number of likely N-dealkylation sites (tertiary alicyclic amines) is 1. The first-order chi connectivity index (χ1) is 21.7. The molecule has 0 spiro atoms. The van der Waals surface area contributed by atoms with Crippen molar-refractivity contribution in [2.75, 3.05) is 37.6 Å². The molecular formula is C30H31Cl2F5N6O3. The van der Waals surface area contributed by atoms with Crippen molar-refractivity contribution in [1.29, 1.82) is 0 Å². The molecule has 5 heterocycles. The zero-order chi connectivity index (χ0) is 33.1. The molecule has 2 N–H and O–H groups in total. The summed E-state index contributed by atoms with van der Waals surface area (Å²) in [5.41, 5.74) is -1.48.